The summed E-state index contributed by atoms with van der Waals surface area (Å²) in [6, 6.07) is 19.3. The Morgan fingerprint density at radius 3 is 2.04 bits per heavy atom. The fraction of sp³-hybridized carbons (Fsp3) is 0.263. The third kappa shape index (κ3) is 4.86. The van der Waals surface area contributed by atoms with Crippen LogP contribution in [0.4, 0.5) is 0 Å². The van der Waals surface area contributed by atoms with Gasteiger partial charge in [-0.1, -0.05) is 48.5 Å². The lowest BCUT2D eigenvalue weighted by Gasteiger charge is -2.29. The van der Waals surface area contributed by atoms with Crippen LogP contribution >= 0.6 is 11.8 Å². The number of thioether (sulfide) groups is 1. The number of nitrogens with two attached hydrogens (primary N) is 1. The van der Waals surface area contributed by atoms with Crippen molar-refractivity contribution in [2.24, 2.45) is 5.73 Å². The predicted octanol–water partition coefficient (Wildman–Crippen LogP) is 3.24. The van der Waals surface area contributed by atoms with Crippen molar-refractivity contribution in [3.63, 3.8) is 0 Å². The number of amides is 2. The summed E-state index contributed by atoms with van der Waals surface area (Å²) < 4.78 is 0. The van der Waals surface area contributed by atoms with Gasteiger partial charge in [-0.2, -0.15) is 0 Å². The van der Waals surface area contributed by atoms with Gasteiger partial charge < -0.3 is 10.6 Å². The van der Waals surface area contributed by atoms with Crippen LogP contribution in [0.1, 0.15) is 24.7 Å². The van der Waals surface area contributed by atoms with E-state index >= 15 is 0 Å². The maximum Gasteiger partial charge on any atom is 0.241 e. The number of rotatable bonds is 7. The number of hydrogen-bond donors (Lipinski definition) is 1. The highest BCUT2D eigenvalue weighted by molar-refractivity contribution is 8.00. The van der Waals surface area contributed by atoms with Gasteiger partial charge in [0, 0.05) is 10.9 Å². The second-order valence-corrected chi connectivity index (χ2v) is 6.93. The SMILES string of the molecule is CC(C)N(CC(N)=O)C(=O)C(Sc1ccccc1)c1ccccc1. The lowest BCUT2D eigenvalue weighted by Crippen LogP contribution is -2.44. The summed E-state index contributed by atoms with van der Waals surface area (Å²) in [4.78, 5) is 27.0. The molecule has 0 aliphatic rings. The van der Waals surface area contributed by atoms with E-state index in [9.17, 15) is 9.59 Å². The molecule has 2 aromatic carbocycles. The molecule has 4 nitrogen and oxygen atoms in total. The number of nitrogens with zero attached hydrogens (tertiary/aromatic N) is 1. The molecular weight excluding hydrogens is 320 g/mol. The molecule has 2 rings (SSSR count). The zero-order valence-corrected chi connectivity index (χ0v) is 14.7. The van der Waals surface area contributed by atoms with E-state index in [-0.39, 0.29) is 18.5 Å². The van der Waals surface area contributed by atoms with Crippen LogP contribution in [0.15, 0.2) is 65.6 Å². The van der Waals surface area contributed by atoms with Crippen molar-refractivity contribution in [2.45, 2.75) is 30.0 Å². The Balaban J connectivity index is 2.33. The summed E-state index contributed by atoms with van der Waals surface area (Å²) in [5.41, 5.74) is 6.23. The van der Waals surface area contributed by atoms with E-state index < -0.39 is 11.2 Å². The first kappa shape index (κ1) is 18.1. The van der Waals surface area contributed by atoms with Crippen LogP contribution in [0, 0.1) is 0 Å². The molecular formula is C19H22N2O2S. The van der Waals surface area contributed by atoms with Gasteiger partial charge >= 0.3 is 0 Å². The predicted molar refractivity (Wildman–Crippen MR) is 97.5 cm³/mol. The van der Waals surface area contributed by atoms with E-state index in [4.69, 9.17) is 5.73 Å². The van der Waals surface area contributed by atoms with Crippen molar-refractivity contribution >= 4 is 23.6 Å². The Bertz CT molecular complexity index is 674. The molecule has 0 saturated carbocycles. The zero-order valence-electron chi connectivity index (χ0n) is 13.9. The first-order valence-electron chi connectivity index (χ1n) is 7.84. The van der Waals surface area contributed by atoms with Crippen molar-refractivity contribution in [2.75, 3.05) is 6.54 Å². The second kappa shape index (κ2) is 8.55. The highest BCUT2D eigenvalue weighted by Crippen LogP contribution is 2.36. The highest BCUT2D eigenvalue weighted by Gasteiger charge is 2.29. The van der Waals surface area contributed by atoms with Crippen molar-refractivity contribution < 1.29 is 9.59 Å². The van der Waals surface area contributed by atoms with Crippen LogP contribution in [0.25, 0.3) is 0 Å². The average Bonchev–Trinajstić information content (AvgIpc) is 2.58. The monoisotopic (exact) mass is 342 g/mol. The molecule has 0 bridgehead atoms. The quantitative estimate of drug-likeness (QED) is 0.786. The Labute approximate surface area is 147 Å². The molecule has 0 heterocycles. The van der Waals surface area contributed by atoms with E-state index in [0.717, 1.165) is 10.5 Å². The van der Waals surface area contributed by atoms with Crippen LogP contribution < -0.4 is 5.73 Å². The summed E-state index contributed by atoms with van der Waals surface area (Å²) >= 11 is 1.48. The van der Waals surface area contributed by atoms with E-state index in [2.05, 4.69) is 0 Å². The Hall–Kier alpha value is -2.27. The minimum atomic E-state index is -0.506. The summed E-state index contributed by atoms with van der Waals surface area (Å²) in [5.74, 6) is -0.613. The molecule has 0 saturated heterocycles. The van der Waals surface area contributed by atoms with Crippen LogP contribution in [0.5, 0.6) is 0 Å². The Morgan fingerprint density at radius 2 is 1.54 bits per heavy atom. The normalized spacial score (nSPS) is 12.0. The van der Waals surface area contributed by atoms with Gasteiger partial charge in [0.2, 0.25) is 11.8 Å². The van der Waals surface area contributed by atoms with E-state index in [1.807, 2.05) is 74.5 Å². The van der Waals surface area contributed by atoms with Gasteiger partial charge in [0.25, 0.3) is 0 Å². The molecule has 0 aromatic heterocycles. The first-order chi connectivity index (χ1) is 11.5. The molecule has 2 N–H and O–H groups in total. The van der Waals surface area contributed by atoms with Crippen LogP contribution in [0.2, 0.25) is 0 Å². The Kier molecular flexibility index (Phi) is 6.44. The van der Waals surface area contributed by atoms with Gasteiger partial charge in [0.1, 0.15) is 5.25 Å². The minimum Gasteiger partial charge on any atom is -0.368 e. The highest BCUT2D eigenvalue weighted by atomic mass is 32.2. The van der Waals surface area contributed by atoms with Gasteiger partial charge in [-0.3, -0.25) is 9.59 Å². The smallest absolute Gasteiger partial charge is 0.241 e. The van der Waals surface area contributed by atoms with E-state index in [1.165, 1.54) is 16.7 Å². The Morgan fingerprint density at radius 1 is 1.00 bits per heavy atom. The van der Waals surface area contributed by atoms with Gasteiger partial charge in [-0.15, -0.1) is 11.8 Å². The third-order valence-electron chi connectivity index (χ3n) is 3.56. The summed E-state index contributed by atoms with van der Waals surface area (Å²) in [7, 11) is 0. The molecule has 24 heavy (non-hydrogen) atoms. The molecule has 2 amide bonds. The van der Waals surface area contributed by atoms with Crippen LogP contribution in [0.3, 0.4) is 0 Å². The van der Waals surface area contributed by atoms with E-state index in [1.54, 1.807) is 0 Å². The molecule has 5 heteroatoms. The maximum atomic E-state index is 13.1. The van der Waals surface area contributed by atoms with Gasteiger partial charge in [0.15, 0.2) is 0 Å². The topological polar surface area (TPSA) is 63.4 Å². The average molecular weight is 342 g/mol. The molecule has 0 fully saturated rings. The maximum absolute atomic E-state index is 13.1. The van der Waals surface area contributed by atoms with Crippen molar-refractivity contribution in [1.29, 1.82) is 0 Å². The largest absolute Gasteiger partial charge is 0.368 e. The van der Waals surface area contributed by atoms with Crippen molar-refractivity contribution in [3.8, 4) is 0 Å². The summed E-state index contributed by atoms with van der Waals surface area (Å²) in [6.45, 7) is 3.70. The zero-order chi connectivity index (χ0) is 17.5. The molecule has 0 aliphatic carbocycles. The van der Waals surface area contributed by atoms with Crippen LogP contribution in [-0.2, 0) is 9.59 Å². The second-order valence-electron chi connectivity index (χ2n) is 5.75. The molecule has 1 unspecified atom stereocenters. The number of carbonyl (C=O) groups excluding carboxylic acids is 2. The van der Waals surface area contributed by atoms with Gasteiger partial charge in [-0.05, 0) is 31.5 Å². The fourth-order valence-electron chi connectivity index (χ4n) is 2.36. The molecule has 0 aliphatic heterocycles. The number of carbonyl (C=O) groups is 2. The lowest BCUT2D eigenvalue weighted by molar-refractivity contribution is -0.136. The summed E-state index contributed by atoms with van der Waals surface area (Å²) in [5, 5.41) is -0.421. The number of primary amides is 1. The minimum absolute atomic E-state index is 0.0742. The van der Waals surface area contributed by atoms with Crippen molar-refractivity contribution in [3.05, 3.63) is 66.2 Å². The lowest BCUT2D eigenvalue weighted by atomic mass is 10.1. The first-order valence-corrected chi connectivity index (χ1v) is 8.72. The third-order valence-corrected chi connectivity index (χ3v) is 4.81. The van der Waals surface area contributed by atoms with Crippen LogP contribution in [-0.4, -0.2) is 29.3 Å². The summed E-state index contributed by atoms with van der Waals surface area (Å²) in [6.07, 6.45) is 0. The van der Waals surface area contributed by atoms with Crippen molar-refractivity contribution in [1.82, 2.24) is 4.90 Å². The van der Waals surface area contributed by atoms with Gasteiger partial charge in [0.05, 0.1) is 6.54 Å². The van der Waals surface area contributed by atoms with Gasteiger partial charge in [-0.25, -0.2) is 0 Å². The molecule has 2 aromatic rings. The molecule has 1 atom stereocenters. The fourth-order valence-corrected chi connectivity index (χ4v) is 3.47. The molecule has 126 valence electrons. The standard InChI is InChI=1S/C19H22N2O2S/c1-14(2)21(13-17(20)22)19(23)18(15-9-5-3-6-10-15)24-16-11-7-4-8-12-16/h3-12,14,18H,13H2,1-2H3,(H2,20,22). The molecule has 0 radical (unpaired) electrons. The number of hydrogen-bond acceptors (Lipinski definition) is 3. The van der Waals surface area contributed by atoms with E-state index in [0.29, 0.717) is 0 Å². The number of benzene rings is 2. The molecule has 0 spiro atoms.